The molecule has 0 fully saturated rings. The Balaban J connectivity index is 2.45. The molecule has 0 aliphatic rings. The van der Waals surface area contributed by atoms with Crippen molar-refractivity contribution in [3.63, 3.8) is 0 Å². The lowest BCUT2D eigenvalue weighted by Crippen LogP contribution is -2.19. The van der Waals surface area contributed by atoms with Crippen molar-refractivity contribution in [3.8, 4) is 0 Å². The van der Waals surface area contributed by atoms with E-state index in [2.05, 4.69) is 10.3 Å². The zero-order chi connectivity index (χ0) is 11.5. The van der Waals surface area contributed by atoms with Crippen LogP contribution in [0.15, 0.2) is 29.9 Å². The van der Waals surface area contributed by atoms with Crippen LogP contribution in [0.2, 0.25) is 0 Å². The molecule has 2 nitrogen and oxygen atoms in total. The van der Waals surface area contributed by atoms with E-state index in [0.29, 0.717) is 5.56 Å². The van der Waals surface area contributed by atoms with Gasteiger partial charge in [0, 0.05) is 16.6 Å². The lowest BCUT2D eigenvalue weighted by atomic mass is 10.0. The summed E-state index contributed by atoms with van der Waals surface area (Å²) < 4.78 is 13.7. The van der Waals surface area contributed by atoms with Crippen LogP contribution in [-0.2, 0) is 0 Å². The molecule has 1 N–H and O–H groups in total. The molecular formula is C12H13FN2S. The highest BCUT2D eigenvalue weighted by atomic mass is 32.1. The van der Waals surface area contributed by atoms with Gasteiger partial charge in [-0.15, -0.1) is 11.3 Å². The fraction of sp³-hybridized carbons (Fsp3) is 0.250. The maximum Gasteiger partial charge on any atom is 0.146 e. The molecule has 0 aliphatic heterocycles. The first-order valence-electron chi connectivity index (χ1n) is 5.04. The van der Waals surface area contributed by atoms with E-state index in [-0.39, 0.29) is 11.9 Å². The van der Waals surface area contributed by atoms with Crippen LogP contribution >= 0.6 is 11.3 Å². The Labute approximate surface area is 98.2 Å². The van der Waals surface area contributed by atoms with Crippen molar-refractivity contribution in [2.24, 2.45) is 0 Å². The monoisotopic (exact) mass is 236 g/mol. The number of aryl methyl sites for hydroxylation is 1. The van der Waals surface area contributed by atoms with Gasteiger partial charge in [-0.1, -0.05) is 0 Å². The molecule has 0 aliphatic carbocycles. The number of nitrogens with zero attached hydrogens (tertiary/aromatic N) is 1. The Hall–Kier alpha value is -1.26. The topological polar surface area (TPSA) is 24.9 Å². The summed E-state index contributed by atoms with van der Waals surface area (Å²) in [6.45, 7) is 2.05. The summed E-state index contributed by atoms with van der Waals surface area (Å²) in [6.07, 6.45) is 2.87. The molecule has 0 bridgehead atoms. The second-order valence-electron chi connectivity index (χ2n) is 3.55. The third-order valence-electron chi connectivity index (χ3n) is 2.61. The third kappa shape index (κ3) is 1.99. The lowest BCUT2D eigenvalue weighted by molar-refractivity contribution is 0.570. The van der Waals surface area contributed by atoms with Crippen LogP contribution in [0.5, 0.6) is 0 Å². The standard InChI is InChI=1S/C12H13FN2S/c1-8-9(4-6-16-8)12(14-2)10-3-5-15-7-11(10)13/h3-7,12,14H,1-2H3. The molecule has 1 unspecified atom stereocenters. The largest absolute Gasteiger partial charge is 0.309 e. The average Bonchev–Trinajstić information content (AvgIpc) is 2.69. The Kier molecular flexibility index (Phi) is 3.31. The van der Waals surface area contributed by atoms with E-state index in [0.717, 1.165) is 5.56 Å². The molecule has 0 amide bonds. The van der Waals surface area contributed by atoms with Gasteiger partial charge in [0.1, 0.15) is 5.82 Å². The number of nitrogens with one attached hydrogen (secondary N) is 1. The molecule has 16 heavy (non-hydrogen) atoms. The summed E-state index contributed by atoms with van der Waals surface area (Å²) in [4.78, 5) is 4.97. The number of thiophene rings is 1. The summed E-state index contributed by atoms with van der Waals surface area (Å²) in [5.74, 6) is -0.271. The van der Waals surface area contributed by atoms with Gasteiger partial charge in [0.05, 0.1) is 12.2 Å². The van der Waals surface area contributed by atoms with Gasteiger partial charge in [0.15, 0.2) is 0 Å². The zero-order valence-corrected chi connectivity index (χ0v) is 10.0. The van der Waals surface area contributed by atoms with E-state index in [1.54, 1.807) is 23.6 Å². The maximum absolute atomic E-state index is 13.7. The summed E-state index contributed by atoms with van der Waals surface area (Å²) in [6, 6.07) is 3.64. The molecule has 0 radical (unpaired) electrons. The number of pyridine rings is 1. The van der Waals surface area contributed by atoms with Crippen LogP contribution in [0.25, 0.3) is 0 Å². The van der Waals surface area contributed by atoms with Crippen molar-refractivity contribution >= 4 is 11.3 Å². The van der Waals surface area contributed by atoms with Gasteiger partial charge >= 0.3 is 0 Å². The number of rotatable bonds is 3. The minimum atomic E-state index is -0.271. The van der Waals surface area contributed by atoms with Crippen LogP contribution in [0.4, 0.5) is 4.39 Å². The number of halogens is 1. The molecule has 2 aromatic heterocycles. The smallest absolute Gasteiger partial charge is 0.146 e. The second-order valence-corrected chi connectivity index (χ2v) is 4.67. The van der Waals surface area contributed by atoms with Crippen molar-refractivity contribution in [1.29, 1.82) is 0 Å². The first-order valence-corrected chi connectivity index (χ1v) is 5.92. The van der Waals surface area contributed by atoms with Gasteiger partial charge in [-0.25, -0.2) is 4.39 Å². The van der Waals surface area contributed by atoms with E-state index in [9.17, 15) is 4.39 Å². The highest BCUT2D eigenvalue weighted by molar-refractivity contribution is 7.10. The van der Waals surface area contributed by atoms with E-state index in [1.165, 1.54) is 11.1 Å². The summed E-state index contributed by atoms with van der Waals surface area (Å²) >= 11 is 1.67. The minimum Gasteiger partial charge on any atom is -0.309 e. The summed E-state index contributed by atoms with van der Waals surface area (Å²) in [7, 11) is 1.83. The van der Waals surface area contributed by atoms with Gasteiger partial charge in [0.25, 0.3) is 0 Å². The minimum absolute atomic E-state index is 0.103. The number of aromatic nitrogens is 1. The predicted octanol–water partition coefficient (Wildman–Crippen LogP) is 2.90. The first kappa shape index (κ1) is 11.2. The third-order valence-corrected chi connectivity index (χ3v) is 3.47. The highest BCUT2D eigenvalue weighted by Gasteiger charge is 2.18. The summed E-state index contributed by atoms with van der Waals surface area (Å²) in [5, 5.41) is 5.16. The molecule has 2 aromatic rings. The van der Waals surface area contributed by atoms with E-state index in [1.807, 2.05) is 25.4 Å². The second kappa shape index (κ2) is 4.72. The van der Waals surface area contributed by atoms with Crippen molar-refractivity contribution < 1.29 is 4.39 Å². The Morgan fingerprint density at radius 2 is 2.19 bits per heavy atom. The quantitative estimate of drug-likeness (QED) is 0.886. The molecule has 4 heteroatoms. The Morgan fingerprint density at radius 3 is 2.75 bits per heavy atom. The van der Waals surface area contributed by atoms with E-state index >= 15 is 0 Å². The molecule has 0 spiro atoms. The molecular weight excluding hydrogens is 223 g/mol. The normalized spacial score (nSPS) is 12.7. The van der Waals surface area contributed by atoms with Crippen molar-refractivity contribution in [3.05, 3.63) is 51.7 Å². The summed E-state index contributed by atoms with van der Waals surface area (Å²) in [5.41, 5.74) is 1.76. The molecule has 84 valence electrons. The van der Waals surface area contributed by atoms with Crippen molar-refractivity contribution in [2.75, 3.05) is 7.05 Å². The number of hydrogen-bond acceptors (Lipinski definition) is 3. The fourth-order valence-electron chi connectivity index (χ4n) is 1.79. The van der Waals surface area contributed by atoms with Crippen molar-refractivity contribution in [2.45, 2.75) is 13.0 Å². The van der Waals surface area contributed by atoms with Crippen LogP contribution < -0.4 is 5.32 Å². The van der Waals surface area contributed by atoms with Gasteiger partial charge in [-0.3, -0.25) is 4.98 Å². The maximum atomic E-state index is 13.7. The Morgan fingerprint density at radius 1 is 1.38 bits per heavy atom. The van der Waals surface area contributed by atoms with Gasteiger partial charge in [0.2, 0.25) is 0 Å². The molecule has 2 rings (SSSR count). The molecule has 2 heterocycles. The van der Waals surface area contributed by atoms with Crippen LogP contribution in [0, 0.1) is 12.7 Å². The van der Waals surface area contributed by atoms with Crippen LogP contribution in [0.3, 0.4) is 0 Å². The van der Waals surface area contributed by atoms with E-state index < -0.39 is 0 Å². The molecule has 0 saturated carbocycles. The highest BCUT2D eigenvalue weighted by Crippen LogP contribution is 2.28. The number of hydrogen-bond donors (Lipinski definition) is 1. The van der Waals surface area contributed by atoms with Crippen LogP contribution in [0.1, 0.15) is 22.0 Å². The molecule has 0 aromatic carbocycles. The zero-order valence-electron chi connectivity index (χ0n) is 9.20. The Bertz CT molecular complexity index is 481. The van der Waals surface area contributed by atoms with Gasteiger partial charge < -0.3 is 5.32 Å². The van der Waals surface area contributed by atoms with Gasteiger partial charge in [-0.2, -0.15) is 0 Å². The van der Waals surface area contributed by atoms with Crippen LogP contribution in [-0.4, -0.2) is 12.0 Å². The fourth-order valence-corrected chi connectivity index (χ4v) is 2.53. The first-order chi connectivity index (χ1) is 7.74. The SMILES string of the molecule is CNC(c1ccncc1F)c1ccsc1C. The predicted molar refractivity (Wildman–Crippen MR) is 64.2 cm³/mol. The lowest BCUT2D eigenvalue weighted by Gasteiger charge is -2.17. The molecule has 1 atom stereocenters. The van der Waals surface area contributed by atoms with Gasteiger partial charge in [-0.05, 0) is 37.0 Å². The molecule has 0 saturated heterocycles. The average molecular weight is 236 g/mol. The van der Waals surface area contributed by atoms with Crippen molar-refractivity contribution in [1.82, 2.24) is 10.3 Å². The van der Waals surface area contributed by atoms with E-state index in [4.69, 9.17) is 0 Å².